The monoisotopic (exact) mass is 157 g/mol. The maximum absolute atomic E-state index is 3.34. The minimum absolute atomic E-state index is 0.683. The van der Waals surface area contributed by atoms with Gasteiger partial charge in [-0.2, -0.15) is 0 Å². The Morgan fingerprint density at radius 3 is 2.45 bits per heavy atom. The van der Waals surface area contributed by atoms with Crippen molar-refractivity contribution in [3.8, 4) is 0 Å². The lowest BCUT2D eigenvalue weighted by atomic mass is 9.92. The van der Waals surface area contributed by atoms with Crippen molar-refractivity contribution in [2.75, 3.05) is 27.2 Å². The molecular weight excluding hydrogens is 136 g/mol. The van der Waals surface area contributed by atoms with Gasteiger partial charge in [0, 0.05) is 17.9 Å². The number of nitrogens with one attached hydrogen (secondary N) is 2. The SMILES string of the molecule is CNC(C)C1C[NH+](C)CC1C. The molecule has 0 aromatic heterocycles. The first-order chi connectivity index (χ1) is 5.15. The molecule has 0 amide bonds. The first-order valence-electron chi connectivity index (χ1n) is 4.63. The van der Waals surface area contributed by atoms with Crippen LogP contribution in [0.2, 0.25) is 0 Å². The topological polar surface area (TPSA) is 16.5 Å². The highest BCUT2D eigenvalue weighted by molar-refractivity contribution is 4.77. The molecule has 1 rings (SSSR count). The van der Waals surface area contributed by atoms with Gasteiger partial charge in [-0.1, -0.05) is 6.92 Å². The molecule has 4 unspecified atom stereocenters. The molecule has 2 nitrogen and oxygen atoms in total. The summed E-state index contributed by atoms with van der Waals surface area (Å²) >= 11 is 0. The van der Waals surface area contributed by atoms with Crippen LogP contribution < -0.4 is 10.2 Å². The van der Waals surface area contributed by atoms with Crippen LogP contribution >= 0.6 is 0 Å². The van der Waals surface area contributed by atoms with Gasteiger partial charge in [0.2, 0.25) is 0 Å². The summed E-state index contributed by atoms with van der Waals surface area (Å²) in [5.74, 6) is 1.76. The van der Waals surface area contributed by atoms with Crippen LogP contribution in [0.1, 0.15) is 13.8 Å². The highest BCUT2D eigenvalue weighted by atomic mass is 15.1. The fourth-order valence-electron chi connectivity index (χ4n) is 2.27. The predicted molar refractivity (Wildman–Crippen MR) is 47.8 cm³/mol. The average Bonchev–Trinajstić information content (AvgIpc) is 2.28. The fourth-order valence-corrected chi connectivity index (χ4v) is 2.27. The van der Waals surface area contributed by atoms with Crippen LogP contribution in [0.5, 0.6) is 0 Å². The summed E-state index contributed by atoms with van der Waals surface area (Å²) in [6.45, 7) is 7.34. The Morgan fingerprint density at radius 1 is 1.45 bits per heavy atom. The van der Waals surface area contributed by atoms with Crippen LogP contribution in [0.15, 0.2) is 0 Å². The second-order valence-corrected chi connectivity index (χ2v) is 4.08. The third kappa shape index (κ3) is 1.94. The van der Waals surface area contributed by atoms with Crippen molar-refractivity contribution in [2.45, 2.75) is 19.9 Å². The molecule has 2 N–H and O–H groups in total. The van der Waals surface area contributed by atoms with Crippen molar-refractivity contribution in [2.24, 2.45) is 11.8 Å². The zero-order chi connectivity index (χ0) is 8.43. The number of hydrogen-bond donors (Lipinski definition) is 2. The number of rotatable bonds is 2. The van der Waals surface area contributed by atoms with E-state index in [4.69, 9.17) is 0 Å². The second-order valence-electron chi connectivity index (χ2n) is 4.08. The quantitative estimate of drug-likeness (QED) is 0.546. The minimum Gasteiger partial charge on any atom is -0.337 e. The van der Waals surface area contributed by atoms with E-state index in [-0.39, 0.29) is 0 Å². The van der Waals surface area contributed by atoms with Crippen molar-refractivity contribution < 1.29 is 4.90 Å². The first-order valence-corrected chi connectivity index (χ1v) is 4.63. The van der Waals surface area contributed by atoms with E-state index in [9.17, 15) is 0 Å². The average molecular weight is 157 g/mol. The van der Waals surface area contributed by atoms with E-state index in [1.807, 2.05) is 0 Å². The van der Waals surface area contributed by atoms with E-state index in [2.05, 4.69) is 33.3 Å². The largest absolute Gasteiger partial charge is 0.337 e. The Balaban J connectivity index is 2.45. The molecule has 0 spiro atoms. The van der Waals surface area contributed by atoms with Gasteiger partial charge in [-0.3, -0.25) is 0 Å². The highest BCUT2D eigenvalue weighted by Gasteiger charge is 2.33. The van der Waals surface area contributed by atoms with Gasteiger partial charge in [0.05, 0.1) is 20.1 Å². The van der Waals surface area contributed by atoms with Gasteiger partial charge in [-0.25, -0.2) is 0 Å². The molecule has 0 aromatic rings. The van der Waals surface area contributed by atoms with E-state index >= 15 is 0 Å². The zero-order valence-corrected chi connectivity index (χ0v) is 8.15. The minimum atomic E-state index is 0.683. The Bertz CT molecular complexity index is 121. The van der Waals surface area contributed by atoms with Crippen LogP contribution in [-0.2, 0) is 0 Å². The van der Waals surface area contributed by atoms with Crippen LogP contribution in [0, 0.1) is 11.8 Å². The Labute approximate surface area is 70.0 Å². The van der Waals surface area contributed by atoms with Gasteiger partial charge in [-0.15, -0.1) is 0 Å². The standard InChI is InChI=1S/C9H20N2/c1-7-5-11(4)6-9(7)8(2)10-3/h7-10H,5-6H2,1-4H3/p+1. The molecule has 1 aliphatic heterocycles. The maximum atomic E-state index is 3.34. The van der Waals surface area contributed by atoms with Crippen molar-refractivity contribution in [3.05, 3.63) is 0 Å². The molecule has 1 heterocycles. The van der Waals surface area contributed by atoms with E-state index in [0.717, 1.165) is 11.8 Å². The lowest BCUT2D eigenvalue weighted by molar-refractivity contribution is -0.869. The van der Waals surface area contributed by atoms with E-state index in [1.165, 1.54) is 13.1 Å². The zero-order valence-electron chi connectivity index (χ0n) is 8.15. The molecule has 2 heteroatoms. The molecule has 4 atom stereocenters. The van der Waals surface area contributed by atoms with Crippen molar-refractivity contribution >= 4 is 0 Å². The molecule has 1 aliphatic rings. The first kappa shape index (κ1) is 9.01. The van der Waals surface area contributed by atoms with Crippen molar-refractivity contribution in [1.29, 1.82) is 0 Å². The molecule has 0 saturated carbocycles. The Kier molecular flexibility index (Phi) is 2.90. The van der Waals surface area contributed by atoms with Crippen LogP contribution in [0.3, 0.4) is 0 Å². The summed E-state index contributed by atoms with van der Waals surface area (Å²) < 4.78 is 0. The van der Waals surface area contributed by atoms with Crippen LogP contribution in [0.25, 0.3) is 0 Å². The van der Waals surface area contributed by atoms with Crippen LogP contribution in [-0.4, -0.2) is 33.2 Å². The van der Waals surface area contributed by atoms with E-state index in [0.29, 0.717) is 6.04 Å². The van der Waals surface area contributed by atoms with Crippen molar-refractivity contribution in [1.82, 2.24) is 5.32 Å². The summed E-state index contributed by atoms with van der Waals surface area (Å²) in [5, 5.41) is 3.34. The lowest BCUT2D eigenvalue weighted by Crippen LogP contribution is -3.07. The predicted octanol–water partition coefficient (Wildman–Crippen LogP) is -0.625. The summed E-state index contributed by atoms with van der Waals surface area (Å²) in [6.07, 6.45) is 0. The fraction of sp³-hybridized carbons (Fsp3) is 1.00. The molecule has 0 aliphatic carbocycles. The molecule has 1 saturated heterocycles. The third-order valence-electron chi connectivity index (χ3n) is 3.08. The van der Waals surface area contributed by atoms with Gasteiger partial charge < -0.3 is 10.2 Å². The van der Waals surface area contributed by atoms with Gasteiger partial charge in [0.25, 0.3) is 0 Å². The maximum Gasteiger partial charge on any atom is 0.0817 e. The molecule has 1 fully saturated rings. The smallest absolute Gasteiger partial charge is 0.0817 e. The molecular formula is C9H21N2+. The Morgan fingerprint density at radius 2 is 2.09 bits per heavy atom. The molecule has 11 heavy (non-hydrogen) atoms. The highest BCUT2D eigenvalue weighted by Crippen LogP contribution is 2.16. The number of likely N-dealkylation sites (tertiary alicyclic amines) is 1. The molecule has 0 radical (unpaired) electrons. The Hall–Kier alpha value is -0.0800. The van der Waals surface area contributed by atoms with Gasteiger partial charge >= 0.3 is 0 Å². The molecule has 0 aromatic carbocycles. The summed E-state index contributed by atoms with van der Waals surface area (Å²) in [7, 11) is 4.35. The number of hydrogen-bond acceptors (Lipinski definition) is 1. The second kappa shape index (κ2) is 3.55. The van der Waals surface area contributed by atoms with E-state index in [1.54, 1.807) is 4.90 Å². The van der Waals surface area contributed by atoms with Crippen molar-refractivity contribution in [3.63, 3.8) is 0 Å². The van der Waals surface area contributed by atoms with Crippen LogP contribution in [0.4, 0.5) is 0 Å². The van der Waals surface area contributed by atoms with Gasteiger partial charge in [-0.05, 0) is 14.0 Å². The van der Waals surface area contributed by atoms with Gasteiger partial charge in [0.1, 0.15) is 0 Å². The summed E-state index contributed by atoms with van der Waals surface area (Å²) in [5.41, 5.74) is 0. The third-order valence-corrected chi connectivity index (χ3v) is 3.08. The molecule has 66 valence electrons. The lowest BCUT2D eigenvalue weighted by Gasteiger charge is -2.19. The number of quaternary nitrogens is 1. The van der Waals surface area contributed by atoms with E-state index < -0.39 is 0 Å². The normalized spacial score (nSPS) is 40.9. The summed E-state index contributed by atoms with van der Waals surface area (Å²) in [6, 6.07) is 0.683. The van der Waals surface area contributed by atoms with Gasteiger partial charge in [0.15, 0.2) is 0 Å². The molecule has 0 bridgehead atoms. The summed E-state index contributed by atoms with van der Waals surface area (Å²) in [4.78, 5) is 1.68.